The van der Waals surface area contributed by atoms with Gasteiger partial charge < -0.3 is 24.6 Å². The van der Waals surface area contributed by atoms with Crippen LogP contribution in [0.15, 0.2) is 12.1 Å². The second-order valence-corrected chi connectivity index (χ2v) is 5.82. The van der Waals surface area contributed by atoms with E-state index >= 15 is 0 Å². The molecule has 5 nitrogen and oxygen atoms in total. The Kier molecular flexibility index (Phi) is 5.70. The molecule has 0 amide bonds. The summed E-state index contributed by atoms with van der Waals surface area (Å²) in [6.07, 6.45) is 0.245. The Balaban J connectivity index is 2.04. The lowest BCUT2D eigenvalue weighted by Gasteiger charge is -2.14. The van der Waals surface area contributed by atoms with Gasteiger partial charge in [-0.25, -0.2) is 0 Å². The molecular weight excluding hydrogens is 270 g/mol. The average Bonchev–Trinajstić information content (AvgIpc) is 2.85. The molecule has 1 aliphatic heterocycles. The van der Waals surface area contributed by atoms with Crippen molar-refractivity contribution in [2.45, 2.75) is 39.8 Å². The van der Waals surface area contributed by atoms with Crippen molar-refractivity contribution in [3.05, 3.63) is 17.7 Å². The van der Waals surface area contributed by atoms with Gasteiger partial charge in [-0.3, -0.25) is 0 Å². The van der Waals surface area contributed by atoms with Gasteiger partial charge in [-0.2, -0.15) is 0 Å². The molecule has 2 rings (SSSR count). The summed E-state index contributed by atoms with van der Waals surface area (Å²) in [5.74, 6) is 2.86. The van der Waals surface area contributed by atoms with Crippen LogP contribution in [0.25, 0.3) is 0 Å². The molecule has 1 atom stereocenters. The maximum Gasteiger partial charge on any atom is 0.231 e. The summed E-state index contributed by atoms with van der Waals surface area (Å²) in [6, 6.07) is 3.84. The molecular formula is C16H25NO4. The number of ether oxygens (including phenoxy) is 3. The van der Waals surface area contributed by atoms with Crippen LogP contribution >= 0.6 is 0 Å². The fourth-order valence-electron chi connectivity index (χ4n) is 2.07. The van der Waals surface area contributed by atoms with E-state index in [-0.39, 0.29) is 12.9 Å². The fraction of sp³-hybridized carbons (Fsp3) is 0.625. The minimum atomic E-state index is -0.360. The molecule has 0 aromatic heterocycles. The SMILES string of the molecule is CC(C)CNCc1cc2c(cc1OCCC(C)O)OCO2. The predicted octanol–water partition coefficient (Wildman–Crippen LogP) is 2.31. The van der Waals surface area contributed by atoms with E-state index in [4.69, 9.17) is 14.2 Å². The van der Waals surface area contributed by atoms with Gasteiger partial charge in [0, 0.05) is 24.6 Å². The molecule has 118 valence electrons. The van der Waals surface area contributed by atoms with Crippen molar-refractivity contribution < 1.29 is 19.3 Å². The first-order chi connectivity index (χ1) is 10.1. The minimum Gasteiger partial charge on any atom is -0.493 e. The normalized spacial score (nSPS) is 14.5. The third-order valence-electron chi connectivity index (χ3n) is 3.22. The van der Waals surface area contributed by atoms with Crippen LogP contribution in [0, 0.1) is 5.92 Å². The first kappa shape index (κ1) is 15.9. The number of aliphatic hydroxyl groups is 1. The zero-order valence-corrected chi connectivity index (χ0v) is 13.0. The minimum absolute atomic E-state index is 0.255. The number of aliphatic hydroxyl groups excluding tert-OH is 1. The molecule has 1 heterocycles. The molecule has 21 heavy (non-hydrogen) atoms. The summed E-state index contributed by atoms with van der Waals surface area (Å²) in [7, 11) is 0. The van der Waals surface area contributed by atoms with Crippen molar-refractivity contribution in [3.8, 4) is 17.2 Å². The topological polar surface area (TPSA) is 60.0 Å². The molecule has 2 N–H and O–H groups in total. The van der Waals surface area contributed by atoms with Crippen LogP contribution in [0.1, 0.15) is 32.8 Å². The fourth-order valence-corrected chi connectivity index (χ4v) is 2.07. The first-order valence-corrected chi connectivity index (χ1v) is 7.50. The van der Waals surface area contributed by atoms with Crippen LogP contribution in [0.4, 0.5) is 0 Å². The van der Waals surface area contributed by atoms with Crippen LogP contribution in [-0.4, -0.2) is 31.2 Å². The van der Waals surface area contributed by atoms with E-state index in [1.54, 1.807) is 6.92 Å². The average molecular weight is 295 g/mol. The summed E-state index contributed by atoms with van der Waals surface area (Å²) in [5, 5.41) is 12.7. The molecule has 0 saturated carbocycles. The summed E-state index contributed by atoms with van der Waals surface area (Å²) in [4.78, 5) is 0. The Morgan fingerprint density at radius 2 is 1.95 bits per heavy atom. The number of nitrogens with one attached hydrogen (secondary N) is 1. The molecule has 1 aromatic carbocycles. The van der Waals surface area contributed by atoms with Crippen molar-refractivity contribution in [1.29, 1.82) is 0 Å². The molecule has 1 aliphatic rings. The quantitative estimate of drug-likeness (QED) is 0.770. The second-order valence-electron chi connectivity index (χ2n) is 5.82. The lowest BCUT2D eigenvalue weighted by molar-refractivity contribution is 0.155. The van der Waals surface area contributed by atoms with Crippen LogP contribution in [0.5, 0.6) is 17.2 Å². The Labute approximate surface area is 126 Å². The molecule has 1 aromatic rings. The summed E-state index contributed by atoms with van der Waals surface area (Å²) in [5.41, 5.74) is 1.05. The molecule has 0 bridgehead atoms. The third-order valence-corrected chi connectivity index (χ3v) is 3.22. The highest BCUT2D eigenvalue weighted by atomic mass is 16.7. The van der Waals surface area contributed by atoms with Crippen molar-refractivity contribution in [1.82, 2.24) is 5.32 Å². The van der Waals surface area contributed by atoms with E-state index in [9.17, 15) is 5.11 Å². The molecule has 0 spiro atoms. The number of rotatable bonds is 8. The van der Waals surface area contributed by atoms with Gasteiger partial charge >= 0.3 is 0 Å². The monoisotopic (exact) mass is 295 g/mol. The van der Waals surface area contributed by atoms with Crippen LogP contribution in [-0.2, 0) is 6.54 Å². The Morgan fingerprint density at radius 3 is 2.62 bits per heavy atom. The Hall–Kier alpha value is -1.46. The summed E-state index contributed by atoms with van der Waals surface area (Å²) >= 11 is 0. The summed E-state index contributed by atoms with van der Waals surface area (Å²) < 4.78 is 16.6. The third kappa shape index (κ3) is 4.79. The van der Waals surface area contributed by atoms with Crippen molar-refractivity contribution in [2.75, 3.05) is 19.9 Å². The van der Waals surface area contributed by atoms with E-state index in [2.05, 4.69) is 19.2 Å². The highest BCUT2D eigenvalue weighted by Gasteiger charge is 2.18. The van der Waals surface area contributed by atoms with Crippen LogP contribution in [0.2, 0.25) is 0 Å². The smallest absolute Gasteiger partial charge is 0.231 e. The van der Waals surface area contributed by atoms with Gasteiger partial charge in [-0.15, -0.1) is 0 Å². The van der Waals surface area contributed by atoms with Gasteiger partial charge in [0.1, 0.15) is 5.75 Å². The number of benzene rings is 1. The van der Waals surface area contributed by atoms with E-state index in [0.717, 1.165) is 35.9 Å². The second kappa shape index (κ2) is 7.52. The van der Waals surface area contributed by atoms with Gasteiger partial charge in [-0.05, 0) is 25.5 Å². The zero-order valence-electron chi connectivity index (χ0n) is 13.0. The highest BCUT2D eigenvalue weighted by Crippen LogP contribution is 2.38. The summed E-state index contributed by atoms with van der Waals surface area (Å²) in [6.45, 7) is 8.51. The molecule has 0 radical (unpaired) electrons. The molecule has 5 heteroatoms. The predicted molar refractivity (Wildman–Crippen MR) is 80.9 cm³/mol. The van der Waals surface area contributed by atoms with Crippen molar-refractivity contribution >= 4 is 0 Å². The van der Waals surface area contributed by atoms with Crippen LogP contribution in [0.3, 0.4) is 0 Å². The van der Waals surface area contributed by atoms with Gasteiger partial charge in [-0.1, -0.05) is 13.8 Å². The standard InChI is InChI=1S/C16H25NO4/c1-11(2)8-17-9-13-6-15-16(21-10-20-15)7-14(13)19-5-4-12(3)18/h6-7,11-12,17-18H,4-5,8-10H2,1-3H3. The maximum absolute atomic E-state index is 9.32. The lowest BCUT2D eigenvalue weighted by Crippen LogP contribution is -2.19. The van der Waals surface area contributed by atoms with E-state index in [1.807, 2.05) is 12.1 Å². The Bertz CT molecular complexity index is 419. The first-order valence-electron chi connectivity index (χ1n) is 7.50. The molecule has 0 saturated heterocycles. The van der Waals surface area contributed by atoms with Gasteiger partial charge in [0.05, 0.1) is 12.7 Å². The van der Waals surface area contributed by atoms with Gasteiger partial charge in [0.25, 0.3) is 0 Å². The van der Waals surface area contributed by atoms with Crippen molar-refractivity contribution in [2.24, 2.45) is 5.92 Å². The van der Waals surface area contributed by atoms with Gasteiger partial charge in [0.2, 0.25) is 6.79 Å². The number of hydrogen-bond donors (Lipinski definition) is 2. The van der Waals surface area contributed by atoms with E-state index in [1.165, 1.54) is 0 Å². The molecule has 1 unspecified atom stereocenters. The molecule has 0 fully saturated rings. The molecule has 0 aliphatic carbocycles. The maximum atomic E-state index is 9.32. The number of fused-ring (bicyclic) bond motifs is 1. The van der Waals surface area contributed by atoms with Crippen molar-refractivity contribution in [3.63, 3.8) is 0 Å². The largest absolute Gasteiger partial charge is 0.493 e. The number of hydrogen-bond acceptors (Lipinski definition) is 5. The lowest BCUT2D eigenvalue weighted by atomic mass is 10.1. The Morgan fingerprint density at radius 1 is 1.24 bits per heavy atom. The highest BCUT2D eigenvalue weighted by molar-refractivity contribution is 5.51. The zero-order chi connectivity index (χ0) is 15.2. The van der Waals surface area contributed by atoms with E-state index in [0.29, 0.717) is 18.9 Å². The van der Waals surface area contributed by atoms with Gasteiger partial charge in [0.15, 0.2) is 11.5 Å². The van der Waals surface area contributed by atoms with Crippen LogP contribution < -0.4 is 19.5 Å². The van der Waals surface area contributed by atoms with E-state index < -0.39 is 0 Å².